The van der Waals surface area contributed by atoms with Crippen molar-refractivity contribution in [1.29, 1.82) is 0 Å². The summed E-state index contributed by atoms with van der Waals surface area (Å²) in [5.74, 6) is -1.59. The van der Waals surface area contributed by atoms with Crippen molar-refractivity contribution in [1.82, 2.24) is 14.9 Å². The molecule has 2 atom stereocenters. The second kappa shape index (κ2) is 11.0. The number of amides is 2. The molecule has 2 aromatic heterocycles. The molecule has 2 aromatic rings. The minimum absolute atomic E-state index is 0.0577. The number of piperazine rings is 1. The maximum absolute atomic E-state index is 13.2. The highest BCUT2D eigenvalue weighted by Gasteiger charge is 2.38. The van der Waals surface area contributed by atoms with E-state index in [0.29, 0.717) is 35.5 Å². The van der Waals surface area contributed by atoms with E-state index in [2.05, 4.69) is 4.98 Å². The van der Waals surface area contributed by atoms with Crippen molar-refractivity contribution in [2.24, 2.45) is 5.73 Å². The van der Waals surface area contributed by atoms with Gasteiger partial charge in [0, 0.05) is 18.5 Å². The number of primary amides is 1. The Balaban J connectivity index is 1.37. The highest BCUT2D eigenvalue weighted by Crippen LogP contribution is 2.35. The fourth-order valence-electron chi connectivity index (χ4n) is 4.04. The van der Waals surface area contributed by atoms with E-state index in [1.165, 1.54) is 34.8 Å². The molecule has 184 valence electrons. The van der Waals surface area contributed by atoms with E-state index in [0.717, 1.165) is 28.4 Å². The van der Waals surface area contributed by atoms with Gasteiger partial charge in [-0.05, 0) is 31.4 Å². The first kappa shape index (κ1) is 24.9. The van der Waals surface area contributed by atoms with Gasteiger partial charge >= 0.3 is 5.97 Å². The van der Waals surface area contributed by atoms with E-state index in [-0.39, 0.29) is 30.9 Å². The van der Waals surface area contributed by atoms with Crippen molar-refractivity contribution >= 4 is 52.1 Å². The molecule has 0 bridgehead atoms. The molecule has 1 aliphatic carbocycles. The number of hydrogen-bond acceptors (Lipinski definition) is 10. The molecule has 0 aromatic carbocycles. The number of hydroxylamine groups is 2. The minimum atomic E-state index is -0.785. The van der Waals surface area contributed by atoms with Crippen LogP contribution in [0.1, 0.15) is 34.3 Å². The Kier molecular flexibility index (Phi) is 8.04. The van der Waals surface area contributed by atoms with Crippen LogP contribution in [-0.4, -0.2) is 72.2 Å². The number of halogens is 1. The first-order valence-corrected chi connectivity index (χ1v) is 12.8. The lowest BCUT2D eigenvalue weighted by molar-refractivity contribution is -0.219. The molecule has 0 saturated carbocycles. The molecule has 2 aliphatic rings. The van der Waals surface area contributed by atoms with Gasteiger partial charge in [0.15, 0.2) is 11.7 Å². The van der Waals surface area contributed by atoms with Crippen molar-refractivity contribution in [3.63, 3.8) is 0 Å². The number of fused-ring (bicyclic) bond motifs is 1. The molecule has 2 unspecified atom stereocenters. The van der Waals surface area contributed by atoms with Crippen molar-refractivity contribution in [2.75, 3.05) is 33.4 Å². The molecule has 2 N–H and O–H groups in total. The number of thiophene rings is 1. The number of carbonyl (C=O) groups is 3. The van der Waals surface area contributed by atoms with Gasteiger partial charge < -0.3 is 24.9 Å². The Morgan fingerprint density at radius 1 is 1.29 bits per heavy atom. The van der Waals surface area contributed by atoms with Gasteiger partial charge in [0.05, 0.1) is 35.6 Å². The summed E-state index contributed by atoms with van der Waals surface area (Å²) in [6.07, 6.45) is 2.46. The van der Waals surface area contributed by atoms with Gasteiger partial charge in [-0.3, -0.25) is 9.59 Å². The highest BCUT2D eigenvalue weighted by atomic mass is 35.5. The molecule has 4 rings (SSSR count). The zero-order chi connectivity index (χ0) is 24.2. The SMILES string of the molecule is COCC1C(=O)N(Cc2nc3c(s2)CCCC3C(N)=O)CCN1OC(=O)COc1ccc(Cl)s1. The fraction of sp³-hybridized carbons (Fsp3) is 0.524. The summed E-state index contributed by atoms with van der Waals surface area (Å²) in [4.78, 5) is 50.0. The molecule has 1 aliphatic heterocycles. The summed E-state index contributed by atoms with van der Waals surface area (Å²) in [5.41, 5.74) is 6.30. The second-order valence-electron chi connectivity index (χ2n) is 7.95. The van der Waals surface area contributed by atoms with Gasteiger partial charge in [-0.1, -0.05) is 22.9 Å². The van der Waals surface area contributed by atoms with E-state index in [9.17, 15) is 14.4 Å². The monoisotopic (exact) mass is 528 g/mol. The van der Waals surface area contributed by atoms with E-state index in [1.807, 2.05) is 0 Å². The largest absolute Gasteiger partial charge is 0.472 e. The molecule has 0 radical (unpaired) electrons. The average Bonchev–Trinajstić information content (AvgIpc) is 3.41. The van der Waals surface area contributed by atoms with Crippen molar-refractivity contribution in [3.05, 3.63) is 32.0 Å². The quantitative estimate of drug-likeness (QED) is 0.523. The number of nitrogens with zero attached hydrogens (tertiary/aromatic N) is 3. The van der Waals surface area contributed by atoms with Crippen molar-refractivity contribution < 1.29 is 28.7 Å². The maximum Gasteiger partial charge on any atom is 0.363 e. The van der Waals surface area contributed by atoms with Crippen LogP contribution in [0.3, 0.4) is 0 Å². The molecule has 10 nitrogen and oxygen atoms in total. The Morgan fingerprint density at radius 3 is 2.82 bits per heavy atom. The van der Waals surface area contributed by atoms with Crippen LogP contribution in [0.15, 0.2) is 12.1 Å². The van der Waals surface area contributed by atoms with E-state index < -0.39 is 12.0 Å². The smallest absolute Gasteiger partial charge is 0.363 e. The third-order valence-corrected chi connectivity index (χ3v) is 7.89. The number of ether oxygens (including phenoxy) is 2. The molecule has 0 spiro atoms. The highest BCUT2D eigenvalue weighted by molar-refractivity contribution is 7.17. The summed E-state index contributed by atoms with van der Waals surface area (Å²) < 4.78 is 11.1. The Hall–Kier alpha value is -2.25. The lowest BCUT2D eigenvalue weighted by Gasteiger charge is -2.38. The van der Waals surface area contributed by atoms with Gasteiger partial charge in [-0.15, -0.1) is 16.4 Å². The number of rotatable bonds is 9. The first-order chi connectivity index (χ1) is 16.4. The Bertz CT molecular complexity index is 1060. The summed E-state index contributed by atoms with van der Waals surface area (Å²) in [5, 5.41) is 2.60. The fourth-order valence-corrected chi connectivity index (χ4v) is 6.10. The van der Waals surface area contributed by atoms with Crippen LogP contribution in [0.25, 0.3) is 0 Å². The van der Waals surface area contributed by atoms with Gasteiger partial charge in [0.1, 0.15) is 11.0 Å². The number of aryl methyl sites for hydroxylation is 1. The average molecular weight is 529 g/mol. The minimum Gasteiger partial charge on any atom is -0.472 e. The Labute approximate surface area is 209 Å². The third-order valence-electron chi connectivity index (χ3n) is 5.63. The topological polar surface area (TPSA) is 124 Å². The van der Waals surface area contributed by atoms with Crippen LogP contribution in [0.4, 0.5) is 0 Å². The molecule has 3 heterocycles. The van der Waals surface area contributed by atoms with Gasteiger partial charge in [0.25, 0.3) is 0 Å². The molecule has 1 fully saturated rings. The van der Waals surface area contributed by atoms with Crippen LogP contribution in [-0.2, 0) is 36.9 Å². The number of thiazole rings is 1. The van der Waals surface area contributed by atoms with Gasteiger partial charge in [0.2, 0.25) is 11.8 Å². The summed E-state index contributed by atoms with van der Waals surface area (Å²) in [6.45, 7) is 0.716. The molecule has 13 heteroatoms. The standard InChI is InChI=1S/C21H25ClN4O6S2/c1-30-10-13-21(29)25(9-16-24-19-12(20(23)28)3-2-4-14(19)33-16)7-8-26(13)32-17(27)11-31-18-6-5-15(22)34-18/h5-6,12-13H,2-4,7-11H2,1H3,(H2,23,28). The lowest BCUT2D eigenvalue weighted by Crippen LogP contribution is -2.58. The Morgan fingerprint density at radius 2 is 2.12 bits per heavy atom. The zero-order valence-corrected chi connectivity index (χ0v) is 20.9. The van der Waals surface area contributed by atoms with E-state index >= 15 is 0 Å². The summed E-state index contributed by atoms with van der Waals surface area (Å²) >= 11 is 8.58. The van der Waals surface area contributed by atoms with Crippen LogP contribution >= 0.6 is 34.3 Å². The first-order valence-electron chi connectivity index (χ1n) is 10.8. The summed E-state index contributed by atoms with van der Waals surface area (Å²) in [7, 11) is 1.48. The molecular weight excluding hydrogens is 504 g/mol. The van der Waals surface area contributed by atoms with Crippen molar-refractivity contribution in [2.45, 2.75) is 37.8 Å². The number of hydrogen-bond donors (Lipinski definition) is 1. The van der Waals surface area contributed by atoms with Gasteiger partial charge in [-0.2, -0.15) is 0 Å². The van der Waals surface area contributed by atoms with E-state index in [1.54, 1.807) is 17.0 Å². The van der Waals surface area contributed by atoms with Gasteiger partial charge in [-0.25, -0.2) is 9.78 Å². The summed E-state index contributed by atoms with van der Waals surface area (Å²) in [6, 6.07) is 2.55. The van der Waals surface area contributed by atoms with Crippen molar-refractivity contribution in [3.8, 4) is 5.06 Å². The maximum atomic E-state index is 13.2. The normalized spacial score (nSPS) is 20.8. The number of carbonyl (C=O) groups excluding carboxylic acids is 3. The number of nitrogens with two attached hydrogens (primary N) is 1. The molecule has 34 heavy (non-hydrogen) atoms. The third kappa shape index (κ3) is 5.69. The van der Waals surface area contributed by atoms with Crippen LogP contribution < -0.4 is 10.5 Å². The lowest BCUT2D eigenvalue weighted by atomic mass is 9.90. The molecular formula is C21H25ClN4O6S2. The second-order valence-corrected chi connectivity index (χ2v) is 10.8. The van der Waals surface area contributed by atoms with Crippen LogP contribution in [0.5, 0.6) is 5.06 Å². The molecule has 1 saturated heterocycles. The van der Waals surface area contributed by atoms with Crippen LogP contribution in [0.2, 0.25) is 4.34 Å². The number of methoxy groups -OCH3 is 1. The predicted octanol–water partition coefficient (Wildman–Crippen LogP) is 1.96. The van der Waals surface area contributed by atoms with E-state index in [4.69, 9.17) is 31.6 Å². The van der Waals surface area contributed by atoms with Crippen LogP contribution in [0, 0.1) is 0 Å². The predicted molar refractivity (Wildman–Crippen MR) is 126 cm³/mol. The number of aromatic nitrogens is 1. The zero-order valence-electron chi connectivity index (χ0n) is 18.5. The molecule has 2 amide bonds.